The van der Waals surface area contributed by atoms with Crippen molar-refractivity contribution < 1.29 is 14.4 Å². The van der Waals surface area contributed by atoms with Gasteiger partial charge in [0, 0.05) is 33.4 Å². The molecule has 0 aliphatic carbocycles. The van der Waals surface area contributed by atoms with E-state index in [0.29, 0.717) is 5.56 Å². The maximum absolute atomic E-state index is 12.9. The molecule has 1 saturated heterocycles. The van der Waals surface area contributed by atoms with Crippen LogP contribution in [0.15, 0.2) is 35.2 Å². The molecular formula is C19H18N4O3S2. The zero-order valence-corrected chi connectivity index (χ0v) is 17.2. The van der Waals surface area contributed by atoms with Gasteiger partial charge in [-0.3, -0.25) is 19.1 Å². The molecule has 0 radical (unpaired) electrons. The highest BCUT2D eigenvalue weighted by atomic mass is 32.1. The third-order valence-electron chi connectivity index (χ3n) is 4.93. The Labute approximate surface area is 169 Å². The van der Waals surface area contributed by atoms with Crippen LogP contribution in [0.5, 0.6) is 0 Å². The van der Waals surface area contributed by atoms with Crippen molar-refractivity contribution in [2.75, 3.05) is 6.54 Å². The second-order valence-corrected chi connectivity index (χ2v) is 8.60. The Morgan fingerprint density at radius 1 is 1.25 bits per heavy atom. The molecule has 3 aromatic rings. The average Bonchev–Trinajstić information content (AvgIpc) is 3.42. The number of imide groups is 1. The standard InChI is InChI=1S/C19H18N4O3S2/c1-11-9-13(12(2)23(11)18-20-6-8-28-18)14(24)10-22-16(25)19(3,21-17(22)26)15-5-4-7-27-15/h4-9H,10H2,1-3H3,(H,21,26). The molecule has 1 N–H and O–H groups in total. The molecule has 144 valence electrons. The van der Waals surface area contributed by atoms with Crippen LogP contribution < -0.4 is 5.32 Å². The molecule has 28 heavy (non-hydrogen) atoms. The second-order valence-electron chi connectivity index (χ2n) is 6.78. The van der Waals surface area contributed by atoms with Crippen molar-refractivity contribution in [1.29, 1.82) is 0 Å². The monoisotopic (exact) mass is 414 g/mol. The number of aryl methyl sites for hydroxylation is 1. The zero-order valence-electron chi connectivity index (χ0n) is 15.6. The molecule has 4 heterocycles. The van der Waals surface area contributed by atoms with Crippen molar-refractivity contribution >= 4 is 40.4 Å². The molecule has 1 unspecified atom stereocenters. The predicted molar refractivity (Wildman–Crippen MR) is 107 cm³/mol. The second kappa shape index (κ2) is 6.68. The van der Waals surface area contributed by atoms with Crippen LogP contribution in [0, 0.1) is 13.8 Å². The molecule has 0 aromatic carbocycles. The number of aromatic nitrogens is 2. The van der Waals surface area contributed by atoms with Crippen LogP contribution in [0.3, 0.4) is 0 Å². The minimum absolute atomic E-state index is 0.283. The summed E-state index contributed by atoms with van der Waals surface area (Å²) in [5.41, 5.74) is 0.962. The maximum Gasteiger partial charge on any atom is 0.325 e. The third-order valence-corrected chi connectivity index (χ3v) is 6.78. The van der Waals surface area contributed by atoms with Crippen LogP contribution in [-0.2, 0) is 10.3 Å². The summed E-state index contributed by atoms with van der Waals surface area (Å²) in [5.74, 6) is -0.697. The van der Waals surface area contributed by atoms with Gasteiger partial charge in [-0.2, -0.15) is 0 Å². The number of urea groups is 1. The first-order valence-electron chi connectivity index (χ1n) is 8.63. The topological polar surface area (TPSA) is 84.3 Å². The molecule has 1 aliphatic heterocycles. The van der Waals surface area contributed by atoms with Crippen LogP contribution in [0.1, 0.15) is 33.5 Å². The number of Topliss-reactive ketones (excluding diaryl/α,β-unsaturated/α-hetero) is 1. The van der Waals surface area contributed by atoms with E-state index in [1.54, 1.807) is 25.3 Å². The molecule has 3 amide bonds. The maximum atomic E-state index is 12.9. The Bertz CT molecular complexity index is 1070. The average molecular weight is 415 g/mol. The molecule has 9 heteroatoms. The fourth-order valence-corrected chi connectivity index (χ4v) is 5.05. The minimum atomic E-state index is -1.14. The SMILES string of the molecule is Cc1cc(C(=O)CN2C(=O)NC(C)(c3cccs3)C2=O)c(C)n1-c1nccs1. The van der Waals surface area contributed by atoms with E-state index in [-0.39, 0.29) is 12.3 Å². The molecule has 0 spiro atoms. The quantitative estimate of drug-likeness (QED) is 0.513. The first-order chi connectivity index (χ1) is 13.3. The van der Waals surface area contributed by atoms with Crippen molar-refractivity contribution in [3.8, 4) is 5.13 Å². The lowest BCUT2D eigenvalue weighted by Gasteiger charge is -2.19. The molecule has 1 fully saturated rings. The Morgan fingerprint density at radius 2 is 2.04 bits per heavy atom. The Balaban J connectivity index is 1.60. The van der Waals surface area contributed by atoms with E-state index in [2.05, 4.69) is 10.3 Å². The smallest absolute Gasteiger partial charge is 0.319 e. The molecule has 0 saturated carbocycles. The van der Waals surface area contributed by atoms with Crippen molar-refractivity contribution in [2.24, 2.45) is 0 Å². The van der Waals surface area contributed by atoms with Gasteiger partial charge in [0.15, 0.2) is 16.5 Å². The number of amides is 3. The van der Waals surface area contributed by atoms with Gasteiger partial charge in [0.2, 0.25) is 0 Å². The van der Waals surface area contributed by atoms with Gasteiger partial charge >= 0.3 is 6.03 Å². The number of carbonyl (C=O) groups is 3. The number of thiophene rings is 1. The predicted octanol–water partition coefficient (Wildman–Crippen LogP) is 3.26. The van der Waals surface area contributed by atoms with Gasteiger partial charge in [0.25, 0.3) is 5.91 Å². The van der Waals surface area contributed by atoms with Gasteiger partial charge in [-0.1, -0.05) is 6.07 Å². The summed E-state index contributed by atoms with van der Waals surface area (Å²) in [6, 6.07) is 4.85. The largest absolute Gasteiger partial charge is 0.325 e. The number of thiazole rings is 1. The highest BCUT2D eigenvalue weighted by molar-refractivity contribution is 7.12. The summed E-state index contributed by atoms with van der Waals surface area (Å²) in [6.07, 6.45) is 1.71. The highest BCUT2D eigenvalue weighted by Crippen LogP contribution is 2.32. The van der Waals surface area contributed by atoms with Gasteiger partial charge in [-0.05, 0) is 38.3 Å². The third kappa shape index (κ3) is 2.78. The lowest BCUT2D eigenvalue weighted by atomic mass is 10.0. The molecule has 4 rings (SSSR count). The number of nitrogens with one attached hydrogen (secondary N) is 1. The number of hydrogen-bond acceptors (Lipinski definition) is 6. The van der Waals surface area contributed by atoms with Crippen LogP contribution in [-0.4, -0.2) is 38.7 Å². The number of hydrogen-bond donors (Lipinski definition) is 1. The Kier molecular flexibility index (Phi) is 4.43. The Morgan fingerprint density at radius 3 is 2.68 bits per heavy atom. The van der Waals surface area contributed by atoms with E-state index in [0.717, 1.165) is 26.3 Å². The normalized spacial score (nSPS) is 19.3. The van der Waals surface area contributed by atoms with Gasteiger partial charge in [-0.25, -0.2) is 9.78 Å². The van der Waals surface area contributed by atoms with Crippen molar-refractivity contribution in [3.05, 3.63) is 57.0 Å². The number of rotatable bonds is 5. The zero-order chi connectivity index (χ0) is 20.1. The van der Waals surface area contributed by atoms with Crippen LogP contribution >= 0.6 is 22.7 Å². The molecule has 1 aliphatic rings. The molecule has 1 atom stereocenters. The first kappa shape index (κ1) is 18.6. The molecule has 0 bridgehead atoms. The van der Waals surface area contributed by atoms with Crippen LogP contribution in [0.25, 0.3) is 5.13 Å². The molecule has 3 aromatic heterocycles. The molecule has 7 nitrogen and oxygen atoms in total. The lowest BCUT2D eigenvalue weighted by Crippen LogP contribution is -2.40. The fourth-order valence-electron chi connectivity index (χ4n) is 3.47. The molecular weight excluding hydrogens is 396 g/mol. The van der Waals surface area contributed by atoms with Crippen LogP contribution in [0.2, 0.25) is 0 Å². The van der Waals surface area contributed by atoms with E-state index in [1.165, 1.54) is 22.7 Å². The van der Waals surface area contributed by atoms with Crippen molar-refractivity contribution in [1.82, 2.24) is 19.8 Å². The summed E-state index contributed by atoms with van der Waals surface area (Å²) in [4.78, 5) is 44.3. The van der Waals surface area contributed by atoms with Crippen molar-refractivity contribution in [2.45, 2.75) is 26.3 Å². The number of nitrogens with zero attached hydrogens (tertiary/aromatic N) is 3. The summed E-state index contributed by atoms with van der Waals surface area (Å²) in [5, 5.41) is 7.22. The van der Waals surface area contributed by atoms with Crippen molar-refractivity contribution in [3.63, 3.8) is 0 Å². The summed E-state index contributed by atoms with van der Waals surface area (Å²) in [7, 11) is 0. The summed E-state index contributed by atoms with van der Waals surface area (Å²) in [6.45, 7) is 5.10. The van der Waals surface area contributed by atoms with Gasteiger partial charge in [0.05, 0.1) is 6.54 Å². The summed E-state index contributed by atoms with van der Waals surface area (Å²) < 4.78 is 1.90. The summed E-state index contributed by atoms with van der Waals surface area (Å²) >= 11 is 2.87. The van der Waals surface area contributed by atoms with Gasteiger partial charge in [-0.15, -0.1) is 22.7 Å². The first-order valence-corrected chi connectivity index (χ1v) is 10.4. The van der Waals surface area contributed by atoms with Gasteiger partial charge in [0.1, 0.15) is 0 Å². The van der Waals surface area contributed by atoms with Gasteiger partial charge < -0.3 is 5.32 Å². The fraction of sp³-hybridized carbons (Fsp3) is 0.263. The Hall–Kier alpha value is -2.78. The van der Waals surface area contributed by atoms with E-state index < -0.39 is 17.5 Å². The van der Waals surface area contributed by atoms with Crippen LogP contribution in [0.4, 0.5) is 4.79 Å². The number of carbonyl (C=O) groups excluding carboxylic acids is 3. The lowest BCUT2D eigenvalue weighted by molar-refractivity contribution is -0.130. The van der Waals surface area contributed by atoms with E-state index in [9.17, 15) is 14.4 Å². The van der Waals surface area contributed by atoms with E-state index in [1.807, 2.05) is 35.2 Å². The minimum Gasteiger partial charge on any atom is -0.319 e. The van der Waals surface area contributed by atoms with E-state index >= 15 is 0 Å². The van der Waals surface area contributed by atoms with E-state index in [4.69, 9.17) is 0 Å². The highest BCUT2D eigenvalue weighted by Gasteiger charge is 2.50. The number of ketones is 1.